The molecule has 4 aliphatic rings. The van der Waals surface area contributed by atoms with Crippen molar-refractivity contribution in [3.05, 3.63) is 22.3 Å². The van der Waals surface area contributed by atoms with Crippen LogP contribution in [0, 0.1) is 22.7 Å². The Labute approximate surface area is 186 Å². The second kappa shape index (κ2) is 7.09. The molecule has 8 nitrogen and oxygen atoms in total. The zero-order valence-electron chi connectivity index (χ0n) is 19.2. The van der Waals surface area contributed by atoms with Gasteiger partial charge in [-0.2, -0.15) is 0 Å². The molecular weight excluding hydrogens is 416 g/mol. The van der Waals surface area contributed by atoms with E-state index in [0.29, 0.717) is 17.6 Å². The predicted molar refractivity (Wildman–Crippen MR) is 111 cm³/mol. The smallest absolute Gasteiger partial charge is 0.303 e. The van der Waals surface area contributed by atoms with Crippen molar-refractivity contribution in [3.63, 3.8) is 0 Å². The summed E-state index contributed by atoms with van der Waals surface area (Å²) in [5.41, 5.74) is -0.863. The number of carbonyl (C=O) groups is 4. The van der Waals surface area contributed by atoms with E-state index in [-0.39, 0.29) is 23.5 Å². The number of ketones is 2. The van der Waals surface area contributed by atoms with Crippen LogP contribution in [0.4, 0.5) is 0 Å². The SMILES string of the molecule is CC(=O)OC1C2=C(C(=O)C(O)C3(CC3C)C2=O)C2(C)CC(O)C(C)=C(C)C2C1OC(C)=O. The molecule has 0 saturated heterocycles. The molecule has 1 fully saturated rings. The van der Waals surface area contributed by atoms with Gasteiger partial charge in [0.1, 0.15) is 6.10 Å². The molecule has 1 saturated carbocycles. The first-order valence-corrected chi connectivity index (χ1v) is 11.0. The third kappa shape index (κ3) is 2.81. The van der Waals surface area contributed by atoms with Crippen LogP contribution >= 0.6 is 0 Å². The Kier molecular flexibility index (Phi) is 5.06. The Hall–Kier alpha value is -2.32. The fourth-order valence-electron chi connectivity index (χ4n) is 6.50. The van der Waals surface area contributed by atoms with Crippen molar-refractivity contribution in [2.75, 3.05) is 0 Å². The minimum atomic E-state index is -1.49. The topological polar surface area (TPSA) is 127 Å². The summed E-state index contributed by atoms with van der Waals surface area (Å²) in [6, 6.07) is 0. The lowest BCUT2D eigenvalue weighted by molar-refractivity contribution is -0.175. The highest BCUT2D eigenvalue weighted by Crippen LogP contribution is 2.65. The number of Topliss-reactive ketones (excluding diaryl/α,β-unsaturated/α-hetero) is 2. The molecule has 0 aliphatic heterocycles. The monoisotopic (exact) mass is 446 g/mol. The minimum absolute atomic E-state index is 0.00408. The number of ether oxygens (including phenoxy) is 2. The van der Waals surface area contributed by atoms with Crippen LogP contribution in [-0.2, 0) is 28.7 Å². The van der Waals surface area contributed by atoms with E-state index >= 15 is 0 Å². The van der Waals surface area contributed by atoms with E-state index in [0.717, 1.165) is 0 Å². The van der Waals surface area contributed by atoms with Gasteiger partial charge in [-0.15, -0.1) is 0 Å². The molecule has 1 spiro atoms. The van der Waals surface area contributed by atoms with E-state index in [4.69, 9.17) is 9.47 Å². The number of rotatable bonds is 2. The molecule has 4 rings (SSSR count). The van der Waals surface area contributed by atoms with Gasteiger partial charge in [-0.25, -0.2) is 0 Å². The molecule has 0 aromatic heterocycles. The van der Waals surface area contributed by atoms with Crippen molar-refractivity contribution in [1.29, 1.82) is 0 Å². The van der Waals surface area contributed by atoms with Crippen molar-refractivity contribution in [1.82, 2.24) is 0 Å². The van der Waals surface area contributed by atoms with Gasteiger partial charge < -0.3 is 19.7 Å². The van der Waals surface area contributed by atoms with E-state index < -0.39 is 64.7 Å². The van der Waals surface area contributed by atoms with Gasteiger partial charge in [-0.05, 0) is 38.2 Å². The first-order chi connectivity index (χ1) is 14.8. The summed E-state index contributed by atoms with van der Waals surface area (Å²) in [5, 5.41) is 21.7. The zero-order valence-corrected chi connectivity index (χ0v) is 19.2. The lowest BCUT2D eigenvalue weighted by atomic mass is 9.51. The Morgan fingerprint density at radius 3 is 2.06 bits per heavy atom. The van der Waals surface area contributed by atoms with Crippen LogP contribution in [0.5, 0.6) is 0 Å². The molecular formula is C24H30O8. The van der Waals surface area contributed by atoms with Crippen molar-refractivity contribution in [2.24, 2.45) is 22.7 Å². The van der Waals surface area contributed by atoms with Crippen LogP contribution in [0.25, 0.3) is 0 Å². The molecule has 174 valence electrons. The summed E-state index contributed by atoms with van der Waals surface area (Å²) >= 11 is 0. The van der Waals surface area contributed by atoms with Crippen LogP contribution in [0.1, 0.15) is 54.4 Å². The number of aliphatic hydroxyl groups excluding tert-OH is 2. The Morgan fingerprint density at radius 1 is 1.00 bits per heavy atom. The van der Waals surface area contributed by atoms with E-state index in [1.54, 1.807) is 27.7 Å². The quantitative estimate of drug-likeness (QED) is 0.482. The van der Waals surface area contributed by atoms with Gasteiger partial charge in [0.15, 0.2) is 23.8 Å². The average Bonchev–Trinajstić information content (AvgIpc) is 3.36. The molecule has 32 heavy (non-hydrogen) atoms. The Morgan fingerprint density at radius 2 is 1.56 bits per heavy atom. The van der Waals surface area contributed by atoms with Crippen molar-refractivity contribution in [2.45, 2.75) is 78.8 Å². The molecule has 0 aromatic carbocycles. The Bertz CT molecular complexity index is 1010. The van der Waals surface area contributed by atoms with Crippen LogP contribution in [0.15, 0.2) is 22.3 Å². The number of aliphatic hydroxyl groups is 2. The number of hydrogen-bond acceptors (Lipinski definition) is 8. The van der Waals surface area contributed by atoms with Crippen molar-refractivity contribution >= 4 is 23.5 Å². The first-order valence-electron chi connectivity index (χ1n) is 11.0. The van der Waals surface area contributed by atoms with Crippen molar-refractivity contribution in [3.8, 4) is 0 Å². The van der Waals surface area contributed by atoms with Crippen LogP contribution in [0.2, 0.25) is 0 Å². The standard InChI is InChI=1S/C24H30O8/c1-9-7-24(9)21(29)15-17(18(28)22(24)30)23(6)8-14(27)10(2)11(3)16(23)20(32-13(5)26)19(15)31-12(4)25/h9,14,16,19-20,22,27,30H,7-8H2,1-6H3. The molecule has 2 N–H and O–H groups in total. The highest BCUT2D eigenvalue weighted by molar-refractivity contribution is 6.19. The summed E-state index contributed by atoms with van der Waals surface area (Å²) in [6.45, 7) is 9.51. The lowest BCUT2D eigenvalue weighted by Gasteiger charge is -2.55. The second-order valence-corrected chi connectivity index (χ2v) is 10.1. The molecule has 8 heteroatoms. The predicted octanol–water partition coefficient (Wildman–Crippen LogP) is 1.42. The number of hydrogen-bond donors (Lipinski definition) is 2. The van der Waals surface area contributed by atoms with Crippen molar-refractivity contribution < 1.29 is 38.9 Å². The highest BCUT2D eigenvalue weighted by atomic mass is 16.6. The van der Waals surface area contributed by atoms with Crippen LogP contribution in [-0.4, -0.2) is 58.1 Å². The molecule has 0 radical (unpaired) electrons. The fourth-order valence-corrected chi connectivity index (χ4v) is 6.50. The maximum absolute atomic E-state index is 13.8. The third-order valence-electron chi connectivity index (χ3n) is 8.25. The fraction of sp³-hybridized carbons (Fsp3) is 0.667. The highest BCUT2D eigenvalue weighted by Gasteiger charge is 2.72. The average molecular weight is 446 g/mol. The molecule has 0 aromatic rings. The molecule has 8 unspecified atom stereocenters. The van der Waals surface area contributed by atoms with E-state index in [9.17, 15) is 29.4 Å². The molecule has 4 aliphatic carbocycles. The van der Waals surface area contributed by atoms with E-state index in [2.05, 4.69) is 0 Å². The second-order valence-electron chi connectivity index (χ2n) is 10.1. The van der Waals surface area contributed by atoms with Crippen LogP contribution < -0.4 is 0 Å². The summed E-state index contributed by atoms with van der Waals surface area (Å²) in [7, 11) is 0. The number of esters is 2. The van der Waals surface area contributed by atoms with Gasteiger partial charge in [0.2, 0.25) is 0 Å². The van der Waals surface area contributed by atoms with E-state index in [1.807, 2.05) is 0 Å². The third-order valence-corrected chi connectivity index (χ3v) is 8.25. The summed E-state index contributed by atoms with van der Waals surface area (Å²) in [4.78, 5) is 51.6. The Balaban J connectivity index is 2.04. The molecule has 0 bridgehead atoms. The van der Waals surface area contributed by atoms with Gasteiger partial charge in [0.05, 0.1) is 11.5 Å². The largest absolute Gasteiger partial charge is 0.458 e. The van der Waals surface area contributed by atoms with E-state index in [1.165, 1.54) is 13.8 Å². The summed E-state index contributed by atoms with van der Waals surface area (Å²) < 4.78 is 11.3. The summed E-state index contributed by atoms with van der Waals surface area (Å²) in [5.74, 6) is -3.13. The lowest BCUT2D eigenvalue weighted by Crippen LogP contribution is -2.62. The molecule has 0 amide bonds. The van der Waals surface area contributed by atoms with Gasteiger partial charge >= 0.3 is 11.9 Å². The van der Waals surface area contributed by atoms with Gasteiger partial charge in [-0.1, -0.05) is 19.4 Å². The van der Waals surface area contributed by atoms with Gasteiger partial charge in [0, 0.05) is 36.3 Å². The van der Waals surface area contributed by atoms with Gasteiger partial charge in [0.25, 0.3) is 0 Å². The van der Waals surface area contributed by atoms with Crippen LogP contribution in [0.3, 0.4) is 0 Å². The maximum atomic E-state index is 13.8. The zero-order chi connectivity index (χ0) is 23.9. The first kappa shape index (κ1) is 22.9. The maximum Gasteiger partial charge on any atom is 0.303 e. The molecule has 8 atom stereocenters. The minimum Gasteiger partial charge on any atom is -0.458 e. The van der Waals surface area contributed by atoms with Gasteiger partial charge in [-0.3, -0.25) is 19.2 Å². The number of fused-ring (bicyclic) bond motifs is 2. The normalized spacial score (nSPS) is 43.1. The molecule has 0 heterocycles. The summed E-state index contributed by atoms with van der Waals surface area (Å²) in [6.07, 6.45) is -4.21. The number of carbonyl (C=O) groups excluding carboxylic acids is 4.